The number of carbonyl (C=O) groups is 1. The lowest BCUT2D eigenvalue weighted by atomic mass is 9.97. The van der Waals surface area contributed by atoms with Gasteiger partial charge in [0.25, 0.3) is 0 Å². The summed E-state index contributed by atoms with van der Waals surface area (Å²) in [4.78, 5) is 12.9. The topological polar surface area (TPSA) is 102 Å². The first-order valence-corrected chi connectivity index (χ1v) is 8.74. The molecule has 1 heterocycles. The Kier molecular flexibility index (Phi) is 6.19. The van der Waals surface area contributed by atoms with E-state index in [1.165, 1.54) is 26.4 Å². The second kappa shape index (κ2) is 8.80. The van der Waals surface area contributed by atoms with Crippen LogP contribution in [0.25, 0.3) is 0 Å². The average molecular weight is 421 g/mol. The Morgan fingerprint density at radius 2 is 1.90 bits per heavy atom. The Balaban J connectivity index is 1.85. The minimum Gasteiger partial charge on any atom is -0.493 e. The fourth-order valence-electron chi connectivity index (χ4n) is 2.86. The van der Waals surface area contributed by atoms with Crippen LogP contribution in [0.4, 0.5) is 18.9 Å². The zero-order chi connectivity index (χ0) is 21.7. The van der Waals surface area contributed by atoms with Gasteiger partial charge >= 0.3 is 6.18 Å². The summed E-state index contributed by atoms with van der Waals surface area (Å²) < 4.78 is 49.3. The van der Waals surface area contributed by atoms with E-state index in [-0.39, 0.29) is 17.9 Å². The van der Waals surface area contributed by atoms with Crippen molar-refractivity contribution in [2.75, 3.05) is 19.5 Å². The summed E-state index contributed by atoms with van der Waals surface area (Å²) in [7, 11) is 2.99. The van der Waals surface area contributed by atoms with E-state index in [1.54, 1.807) is 18.2 Å². The fourth-order valence-corrected chi connectivity index (χ4v) is 2.86. The van der Waals surface area contributed by atoms with Crippen LogP contribution in [0.5, 0.6) is 11.5 Å². The van der Waals surface area contributed by atoms with Gasteiger partial charge in [0, 0.05) is 5.69 Å². The largest absolute Gasteiger partial charge is 0.493 e. The highest BCUT2D eigenvalue weighted by molar-refractivity contribution is 5.95. The molecule has 1 amide bonds. The zero-order valence-electron chi connectivity index (χ0n) is 16.0. The minimum absolute atomic E-state index is 0.00984. The monoisotopic (exact) mass is 421 g/mol. The molecule has 3 aromatic rings. The quantitative estimate of drug-likeness (QED) is 0.608. The van der Waals surface area contributed by atoms with Crippen molar-refractivity contribution in [1.82, 2.24) is 20.6 Å². The van der Waals surface area contributed by atoms with Crippen LogP contribution in [0, 0.1) is 0 Å². The number of nitrogens with one attached hydrogen (secondary N) is 2. The standard InChI is InChI=1S/C19H18F3N5O3/c1-29-15-7-6-11(9-16(15)30-2)8-14(17-24-26-27-25-17)18(28)23-13-5-3-4-12(10-13)19(20,21)22/h3-7,9-10,14H,8H2,1-2H3,(H,23,28)(H,24,25,26,27). The van der Waals surface area contributed by atoms with E-state index < -0.39 is 23.6 Å². The van der Waals surface area contributed by atoms with Gasteiger partial charge in [-0.15, -0.1) is 10.2 Å². The van der Waals surface area contributed by atoms with Crippen LogP contribution in [-0.2, 0) is 17.4 Å². The number of rotatable bonds is 7. The van der Waals surface area contributed by atoms with Crippen molar-refractivity contribution in [3.8, 4) is 11.5 Å². The van der Waals surface area contributed by atoms with Crippen molar-refractivity contribution in [2.45, 2.75) is 18.5 Å². The number of ether oxygens (including phenoxy) is 2. The summed E-state index contributed by atoms with van der Waals surface area (Å²) in [5.41, 5.74) is -0.145. The molecule has 11 heteroatoms. The Bertz CT molecular complexity index is 1010. The lowest BCUT2D eigenvalue weighted by Crippen LogP contribution is -2.24. The number of tetrazole rings is 1. The van der Waals surface area contributed by atoms with Gasteiger partial charge in [-0.25, -0.2) is 0 Å². The maximum absolute atomic E-state index is 12.9. The Morgan fingerprint density at radius 3 is 2.53 bits per heavy atom. The molecule has 1 atom stereocenters. The molecule has 0 aliphatic heterocycles. The van der Waals surface area contributed by atoms with Crippen molar-refractivity contribution in [3.05, 3.63) is 59.4 Å². The van der Waals surface area contributed by atoms with Crippen LogP contribution in [0.15, 0.2) is 42.5 Å². The molecule has 1 aromatic heterocycles. The predicted molar refractivity (Wildman–Crippen MR) is 100 cm³/mol. The number of nitrogens with zero attached hydrogens (tertiary/aromatic N) is 3. The fraction of sp³-hybridized carbons (Fsp3) is 0.263. The normalized spacial score (nSPS) is 12.3. The number of halogens is 3. The maximum Gasteiger partial charge on any atom is 0.416 e. The molecule has 158 valence electrons. The molecule has 1 unspecified atom stereocenters. The number of alkyl halides is 3. The van der Waals surface area contributed by atoms with Crippen molar-refractivity contribution in [2.24, 2.45) is 0 Å². The van der Waals surface area contributed by atoms with E-state index in [4.69, 9.17) is 9.47 Å². The number of methoxy groups -OCH3 is 2. The molecule has 0 bridgehead atoms. The first-order chi connectivity index (χ1) is 14.3. The molecule has 3 rings (SSSR count). The highest BCUT2D eigenvalue weighted by atomic mass is 19.4. The van der Waals surface area contributed by atoms with Crippen LogP contribution in [-0.4, -0.2) is 40.8 Å². The van der Waals surface area contributed by atoms with Crippen LogP contribution in [0.1, 0.15) is 22.9 Å². The number of anilines is 1. The minimum atomic E-state index is -4.52. The summed E-state index contributed by atoms with van der Waals surface area (Å²) in [6, 6.07) is 9.51. The van der Waals surface area contributed by atoms with E-state index in [0.717, 1.165) is 12.1 Å². The number of carbonyl (C=O) groups excluding carboxylic acids is 1. The van der Waals surface area contributed by atoms with Crippen molar-refractivity contribution >= 4 is 11.6 Å². The van der Waals surface area contributed by atoms with Crippen molar-refractivity contribution in [1.29, 1.82) is 0 Å². The van der Waals surface area contributed by atoms with Crippen LogP contribution >= 0.6 is 0 Å². The number of aromatic nitrogens is 4. The summed E-state index contributed by atoms with van der Waals surface area (Å²) in [5.74, 6) is -0.387. The molecule has 0 aliphatic rings. The van der Waals surface area contributed by atoms with Crippen molar-refractivity contribution in [3.63, 3.8) is 0 Å². The second-order valence-electron chi connectivity index (χ2n) is 6.28. The van der Waals surface area contributed by atoms with Gasteiger partial charge in [0.2, 0.25) is 5.91 Å². The Labute approximate surface area is 169 Å². The Hall–Kier alpha value is -3.63. The molecular formula is C19H18F3N5O3. The Morgan fingerprint density at radius 1 is 1.13 bits per heavy atom. The summed E-state index contributed by atoms with van der Waals surface area (Å²) in [5, 5.41) is 16.0. The molecule has 0 aliphatic carbocycles. The van der Waals surface area contributed by atoms with Gasteiger partial charge < -0.3 is 14.8 Å². The number of H-pyrrole nitrogens is 1. The van der Waals surface area contributed by atoms with E-state index in [2.05, 4.69) is 25.9 Å². The van der Waals surface area contributed by atoms with E-state index in [9.17, 15) is 18.0 Å². The molecule has 0 radical (unpaired) electrons. The molecule has 2 N–H and O–H groups in total. The first-order valence-electron chi connectivity index (χ1n) is 8.74. The van der Waals surface area contributed by atoms with Gasteiger partial charge in [-0.1, -0.05) is 17.3 Å². The highest BCUT2D eigenvalue weighted by Gasteiger charge is 2.31. The molecule has 0 saturated heterocycles. The van der Waals surface area contributed by atoms with E-state index >= 15 is 0 Å². The average Bonchev–Trinajstić information content (AvgIpc) is 3.25. The van der Waals surface area contributed by atoms with Crippen molar-refractivity contribution < 1.29 is 27.4 Å². The molecule has 0 fully saturated rings. The highest BCUT2D eigenvalue weighted by Crippen LogP contribution is 2.32. The maximum atomic E-state index is 12.9. The van der Waals surface area contributed by atoms with Gasteiger partial charge in [0.05, 0.1) is 19.8 Å². The van der Waals surface area contributed by atoms with Crippen LogP contribution < -0.4 is 14.8 Å². The summed E-state index contributed by atoms with van der Waals surface area (Å²) in [6.07, 6.45) is -4.36. The molecule has 30 heavy (non-hydrogen) atoms. The summed E-state index contributed by atoms with van der Waals surface area (Å²) >= 11 is 0. The summed E-state index contributed by atoms with van der Waals surface area (Å²) in [6.45, 7) is 0. The molecule has 8 nitrogen and oxygen atoms in total. The SMILES string of the molecule is COc1ccc(CC(C(=O)Nc2cccc(C(F)(F)F)c2)c2nn[nH]n2)cc1OC. The molecule has 0 saturated carbocycles. The third-order valence-electron chi connectivity index (χ3n) is 4.34. The zero-order valence-corrected chi connectivity index (χ0v) is 16.0. The van der Waals surface area contributed by atoms with Gasteiger partial charge in [-0.05, 0) is 42.3 Å². The number of hydrogen-bond acceptors (Lipinski definition) is 6. The third kappa shape index (κ3) is 4.85. The number of benzene rings is 2. The smallest absolute Gasteiger partial charge is 0.416 e. The van der Waals surface area contributed by atoms with E-state index in [1.807, 2.05) is 0 Å². The van der Waals surface area contributed by atoms with Crippen LogP contribution in [0.3, 0.4) is 0 Å². The van der Waals surface area contributed by atoms with Gasteiger partial charge in [-0.3, -0.25) is 4.79 Å². The number of amides is 1. The predicted octanol–water partition coefficient (Wildman–Crippen LogP) is 3.20. The first kappa shape index (κ1) is 21.1. The lowest BCUT2D eigenvalue weighted by molar-refractivity contribution is -0.137. The number of aromatic amines is 1. The second-order valence-corrected chi connectivity index (χ2v) is 6.28. The molecular weight excluding hydrogens is 403 g/mol. The molecule has 2 aromatic carbocycles. The van der Waals surface area contributed by atoms with Gasteiger partial charge in [-0.2, -0.15) is 18.4 Å². The lowest BCUT2D eigenvalue weighted by Gasteiger charge is -2.16. The van der Waals surface area contributed by atoms with E-state index in [0.29, 0.717) is 17.1 Å². The number of hydrogen-bond donors (Lipinski definition) is 2. The van der Waals surface area contributed by atoms with Gasteiger partial charge in [0.15, 0.2) is 17.3 Å². The third-order valence-corrected chi connectivity index (χ3v) is 4.34. The van der Waals surface area contributed by atoms with Gasteiger partial charge in [0.1, 0.15) is 5.92 Å². The van der Waals surface area contributed by atoms with Crippen LogP contribution in [0.2, 0.25) is 0 Å². The molecule has 0 spiro atoms.